The number of rotatable bonds is 7. The molecular formula is C24H33N3O2S. The largest absolute Gasteiger partial charge is 0.348 e. The maximum atomic E-state index is 12.6. The predicted molar refractivity (Wildman–Crippen MR) is 123 cm³/mol. The van der Waals surface area contributed by atoms with Gasteiger partial charge in [-0.15, -0.1) is 0 Å². The summed E-state index contributed by atoms with van der Waals surface area (Å²) in [5.41, 5.74) is 3.22. The fourth-order valence-electron chi connectivity index (χ4n) is 3.89. The molecule has 1 unspecified atom stereocenters. The lowest BCUT2D eigenvalue weighted by Gasteiger charge is -2.22. The highest BCUT2D eigenvalue weighted by Gasteiger charge is 2.22. The van der Waals surface area contributed by atoms with Gasteiger partial charge in [0, 0.05) is 31.6 Å². The van der Waals surface area contributed by atoms with E-state index < -0.39 is 0 Å². The van der Waals surface area contributed by atoms with E-state index in [2.05, 4.69) is 48.3 Å². The van der Waals surface area contributed by atoms with Crippen molar-refractivity contribution in [2.45, 2.75) is 39.7 Å². The van der Waals surface area contributed by atoms with Gasteiger partial charge >= 0.3 is 0 Å². The molecule has 3 rings (SSSR count). The summed E-state index contributed by atoms with van der Waals surface area (Å²) in [5.74, 6) is 0.765. The first-order chi connectivity index (χ1) is 14.4. The van der Waals surface area contributed by atoms with Crippen LogP contribution in [-0.2, 0) is 11.2 Å². The fraction of sp³-hybridized carbons (Fsp3) is 0.500. The van der Waals surface area contributed by atoms with E-state index in [0.717, 1.165) is 43.6 Å². The van der Waals surface area contributed by atoms with Gasteiger partial charge in [0.15, 0.2) is 0 Å². The molecule has 1 aromatic carbocycles. The second kappa shape index (κ2) is 10.7. The number of hydrogen-bond donors (Lipinski definition) is 1. The maximum absolute atomic E-state index is 12.6. The van der Waals surface area contributed by atoms with Gasteiger partial charge in [0.05, 0.1) is 18.2 Å². The molecule has 1 atom stereocenters. The summed E-state index contributed by atoms with van der Waals surface area (Å²) in [6.45, 7) is 9.80. The molecule has 0 radical (unpaired) electrons. The summed E-state index contributed by atoms with van der Waals surface area (Å²) in [4.78, 5) is 29.2. The van der Waals surface area contributed by atoms with Crippen LogP contribution in [0.3, 0.4) is 0 Å². The minimum atomic E-state index is -0.0192. The van der Waals surface area contributed by atoms with Crippen molar-refractivity contribution in [2.75, 3.05) is 32.7 Å². The van der Waals surface area contributed by atoms with Crippen LogP contribution in [0, 0.1) is 5.92 Å². The second-order valence-corrected chi connectivity index (χ2v) is 9.34. The average Bonchev–Trinajstić information content (AvgIpc) is 3.15. The van der Waals surface area contributed by atoms with Crippen LogP contribution in [0.5, 0.6) is 0 Å². The first-order valence-electron chi connectivity index (χ1n) is 10.8. The standard InChI is InChI=1S/C24H33N3O2S/c1-18(2)15-20-5-7-21(8-6-20)19(3)25-23(28)16-26-10-4-11-27(13-12-26)24(29)22-9-14-30-17-22/h5-9,14,17-19H,4,10-13,15-16H2,1-3H3,(H,25,28). The highest BCUT2D eigenvalue weighted by molar-refractivity contribution is 7.08. The topological polar surface area (TPSA) is 52.7 Å². The molecule has 6 heteroatoms. The Hall–Kier alpha value is -2.18. The van der Waals surface area contributed by atoms with Crippen molar-refractivity contribution in [1.29, 1.82) is 0 Å². The lowest BCUT2D eigenvalue weighted by molar-refractivity contribution is -0.122. The Morgan fingerprint density at radius 3 is 2.47 bits per heavy atom. The van der Waals surface area contributed by atoms with Crippen molar-refractivity contribution in [3.63, 3.8) is 0 Å². The molecule has 0 spiro atoms. The summed E-state index contributed by atoms with van der Waals surface area (Å²) in [6, 6.07) is 10.4. The van der Waals surface area contributed by atoms with Crippen molar-refractivity contribution in [3.05, 3.63) is 57.8 Å². The Morgan fingerprint density at radius 1 is 1.03 bits per heavy atom. The number of amides is 2. The Bertz CT molecular complexity index is 817. The molecule has 0 bridgehead atoms. The number of carbonyl (C=O) groups is 2. The minimum absolute atomic E-state index is 0.0192. The van der Waals surface area contributed by atoms with Gasteiger partial charge < -0.3 is 10.2 Å². The molecule has 2 heterocycles. The molecule has 5 nitrogen and oxygen atoms in total. The molecule has 0 aliphatic carbocycles. The molecule has 1 N–H and O–H groups in total. The van der Waals surface area contributed by atoms with Crippen molar-refractivity contribution < 1.29 is 9.59 Å². The van der Waals surface area contributed by atoms with Gasteiger partial charge in [0.25, 0.3) is 5.91 Å². The van der Waals surface area contributed by atoms with Crippen LogP contribution in [0.15, 0.2) is 41.1 Å². The normalized spacial score (nSPS) is 16.3. The van der Waals surface area contributed by atoms with Crippen LogP contribution in [0.25, 0.3) is 0 Å². The maximum Gasteiger partial charge on any atom is 0.254 e. The SMILES string of the molecule is CC(C)Cc1ccc(C(C)NC(=O)CN2CCCN(C(=O)c3ccsc3)CC2)cc1. The highest BCUT2D eigenvalue weighted by atomic mass is 32.1. The third-order valence-corrected chi connectivity index (χ3v) is 6.20. The lowest BCUT2D eigenvalue weighted by Crippen LogP contribution is -2.40. The van der Waals surface area contributed by atoms with E-state index in [4.69, 9.17) is 0 Å². The first kappa shape index (κ1) is 22.5. The summed E-state index contributed by atoms with van der Waals surface area (Å²) in [5, 5.41) is 6.95. The molecule has 162 valence electrons. The van der Waals surface area contributed by atoms with Crippen molar-refractivity contribution in [3.8, 4) is 0 Å². The van der Waals surface area contributed by atoms with E-state index in [9.17, 15) is 9.59 Å². The zero-order valence-corrected chi connectivity index (χ0v) is 19.1. The van der Waals surface area contributed by atoms with Crippen LogP contribution in [0.2, 0.25) is 0 Å². The van der Waals surface area contributed by atoms with Gasteiger partial charge in [-0.2, -0.15) is 11.3 Å². The van der Waals surface area contributed by atoms with E-state index in [0.29, 0.717) is 19.0 Å². The smallest absolute Gasteiger partial charge is 0.254 e. The van der Waals surface area contributed by atoms with Crippen molar-refractivity contribution >= 4 is 23.2 Å². The van der Waals surface area contributed by atoms with Gasteiger partial charge in [0.2, 0.25) is 5.91 Å². The second-order valence-electron chi connectivity index (χ2n) is 8.56. The Kier molecular flexibility index (Phi) is 8.05. The van der Waals surface area contributed by atoms with Gasteiger partial charge in [-0.1, -0.05) is 38.1 Å². The number of nitrogens with one attached hydrogen (secondary N) is 1. The number of nitrogens with zero attached hydrogens (tertiary/aromatic N) is 2. The molecule has 2 amide bonds. The van der Waals surface area contributed by atoms with Crippen LogP contribution in [-0.4, -0.2) is 54.3 Å². The number of thiophene rings is 1. The van der Waals surface area contributed by atoms with Crippen LogP contribution >= 0.6 is 11.3 Å². The molecule has 1 fully saturated rings. The van der Waals surface area contributed by atoms with E-state index in [1.54, 1.807) is 11.3 Å². The van der Waals surface area contributed by atoms with E-state index in [1.165, 1.54) is 5.56 Å². The summed E-state index contributed by atoms with van der Waals surface area (Å²) in [6.07, 6.45) is 1.96. The first-order valence-corrected chi connectivity index (χ1v) is 11.8. The van der Waals surface area contributed by atoms with Gasteiger partial charge in [-0.25, -0.2) is 0 Å². The quantitative estimate of drug-likeness (QED) is 0.727. The number of hydrogen-bond acceptors (Lipinski definition) is 4. The van der Waals surface area contributed by atoms with E-state index in [1.807, 2.05) is 28.7 Å². The Labute approximate surface area is 184 Å². The zero-order chi connectivity index (χ0) is 21.5. The van der Waals surface area contributed by atoms with E-state index >= 15 is 0 Å². The zero-order valence-electron chi connectivity index (χ0n) is 18.3. The third-order valence-electron chi connectivity index (χ3n) is 5.51. The highest BCUT2D eigenvalue weighted by Crippen LogP contribution is 2.16. The molecule has 2 aromatic rings. The van der Waals surface area contributed by atoms with Gasteiger partial charge in [-0.3, -0.25) is 14.5 Å². The molecule has 30 heavy (non-hydrogen) atoms. The number of benzene rings is 1. The number of carbonyl (C=O) groups excluding carboxylic acids is 2. The minimum Gasteiger partial charge on any atom is -0.348 e. The molecule has 1 aliphatic rings. The summed E-state index contributed by atoms with van der Waals surface area (Å²) >= 11 is 1.54. The Morgan fingerprint density at radius 2 is 1.80 bits per heavy atom. The van der Waals surface area contributed by atoms with Gasteiger partial charge in [-0.05, 0) is 48.3 Å². The molecule has 1 aromatic heterocycles. The molecule has 0 saturated carbocycles. The van der Waals surface area contributed by atoms with Crippen molar-refractivity contribution in [1.82, 2.24) is 15.1 Å². The summed E-state index contributed by atoms with van der Waals surface area (Å²) < 4.78 is 0. The van der Waals surface area contributed by atoms with Crippen molar-refractivity contribution in [2.24, 2.45) is 5.92 Å². The molecule has 1 saturated heterocycles. The molecular weight excluding hydrogens is 394 g/mol. The van der Waals surface area contributed by atoms with E-state index in [-0.39, 0.29) is 17.9 Å². The fourth-order valence-corrected chi connectivity index (χ4v) is 4.52. The van der Waals surface area contributed by atoms with Crippen LogP contribution < -0.4 is 5.32 Å². The lowest BCUT2D eigenvalue weighted by atomic mass is 10.00. The van der Waals surface area contributed by atoms with Crippen LogP contribution in [0.1, 0.15) is 54.7 Å². The monoisotopic (exact) mass is 427 g/mol. The van der Waals surface area contributed by atoms with Crippen LogP contribution in [0.4, 0.5) is 0 Å². The predicted octanol–water partition coefficient (Wildman–Crippen LogP) is 3.97. The Balaban J connectivity index is 1.47. The molecule has 1 aliphatic heterocycles. The summed E-state index contributed by atoms with van der Waals surface area (Å²) in [7, 11) is 0. The third kappa shape index (κ3) is 6.41. The average molecular weight is 428 g/mol. The van der Waals surface area contributed by atoms with Gasteiger partial charge in [0.1, 0.15) is 0 Å².